The third-order valence-electron chi connectivity index (χ3n) is 2.80. The van der Waals surface area contributed by atoms with Crippen LogP contribution in [0.15, 0.2) is 27.4 Å². The number of oxazole rings is 1. The Morgan fingerprint density at radius 2 is 2.29 bits per heavy atom. The molecule has 1 unspecified atom stereocenters. The molecule has 1 N–H and O–H groups in total. The number of nitrogens with one attached hydrogen (secondary N) is 1. The summed E-state index contributed by atoms with van der Waals surface area (Å²) in [6.07, 6.45) is 2.92. The molecule has 1 aromatic carbocycles. The van der Waals surface area contributed by atoms with E-state index in [4.69, 9.17) is 13.9 Å². The van der Waals surface area contributed by atoms with Gasteiger partial charge in [0.25, 0.3) is 0 Å². The first-order chi connectivity index (χ1) is 8.31. The third-order valence-corrected chi connectivity index (χ3v) is 2.80. The van der Waals surface area contributed by atoms with Gasteiger partial charge in [0.1, 0.15) is 5.75 Å². The number of hydrogen-bond acceptors (Lipinski definition) is 4. The lowest BCUT2D eigenvalue weighted by molar-refractivity contribution is -0.105. The number of aromatic nitrogens is 1. The Bertz CT molecular complexity index is 565. The molecule has 2 heterocycles. The fourth-order valence-corrected chi connectivity index (χ4v) is 1.95. The lowest BCUT2D eigenvalue weighted by Crippen LogP contribution is -2.24. The van der Waals surface area contributed by atoms with Crippen molar-refractivity contribution < 1.29 is 13.9 Å². The largest absolute Gasteiger partial charge is 0.465 e. The van der Waals surface area contributed by atoms with Crippen LogP contribution in [0.2, 0.25) is 0 Å². The number of ether oxygens (including phenoxy) is 2. The quantitative estimate of drug-likeness (QED) is 0.864. The molecular weight excluding hydrogens is 222 g/mol. The van der Waals surface area contributed by atoms with Crippen LogP contribution in [0.4, 0.5) is 0 Å². The molecular formula is C12H13NO4. The normalized spacial score (nSPS) is 20.6. The van der Waals surface area contributed by atoms with E-state index in [9.17, 15) is 4.79 Å². The minimum atomic E-state index is -0.453. The number of fused-ring (bicyclic) bond motifs is 1. The van der Waals surface area contributed by atoms with Crippen LogP contribution < -0.4 is 10.5 Å². The second-order valence-corrected chi connectivity index (χ2v) is 4.09. The van der Waals surface area contributed by atoms with E-state index in [-0.39, 0.29) is 6.29 Å². The molecule has 0 aliphatic carbocycles. The van der Waals surface area contributed by atoms with Crippen LogP contribution in [0.3, 0.4) is 0 Å². The number of H-pyrrole nitrogens is 1. The molecule has 17 heavy (non-hydrogen) atoms. The van der Waals surface area contributed by atoms with Crippen LogP contribution in [0.5, 0.6) is 5.75 Å². The van der Waals surface area contributed by atoms with Crippen LogP contribution in [0.1, 0.15) is 19.3 Å². The summed E-state index contributed by atoms with van der Waals surface area (Å²) < 4.78 is 16.1. The zero-order valence-electron chi connectivity index (χ0n) is 9.27. The van der Waals surface area contributed by atoms with Gasteiger partial charge in [0.2, 0.25) is 0 Å². The van der Waals surface area contributed by atoms with Crippen LogP contribution in [-0.2, 0) is 4.74 Å². The zero-order valence-corrected chi connectivity index (χ0v) is 9.27. The Balaban J connectivity index is 1.82. The molecule has 1 saturated heterocycles. The van der Waals surface area contributed by atoms with Crippen molar-refractivity contribution in [3.8, 4) is 5.75 Å². The van der Waals surface area contributed by atoms with Gasteiger partial charge in [-0.1, -0.05) is 0 Å². The molecule has 1 aliphatic heterocycles. The second kappa shape index (κ2) is 4.25. The maximum Gasteiger partial charge on any atom is 0.417 e. The van der Waals surface area contributed by atoms with Gasteiger partial charge in [-0.15, -0.1) is 0 Å². The van der Waals surface area contributed by atoms with E-state index in [0.717, 1.165) is 25.9 Å². The van der Waals surface area contributed by atoms with Crippen molar-refractivity contribution in [3.63, 3.8) is 0 Å². The van der Waals surface area contributed by atoms with Crippen LogP contribution in [0, 0.1) is 0 Å². The molecule has 2 aromatic rings. The first kappa shape index (κ1) is 10.4. The van der Waals surface area contributed by atoms with Crippen molar-refractivity contribution in [2.45, 2.75) is 25.6 Å². The van der Waals surface area contributed by atoms with E-state index in [0.29, 0.717) is 16.8 Å². The van der Waals surface area contributed by atoms with Crippen LogP contribution in [-0.4, -0.2) is 17.9 Å². The monoisotopic (exact) mass is 235 g/mol. The fourth-order valence-electron chi connectivity index (χ4n) is 1.95. The summed E-state index contributed by atoms with van der Waals surface area (Å²) in [4.78, 5) is 13.6. The van der Waals surface area contributed by atoms with Crippen molar-refractivity contribution >= 4 is 11.1 Å². The summed E-state index contributed by atoms with van der Waals surface area (Å²) >= 11 is 0. The molecule has 1 aromatic heterocycles. The Morgan fingerprint density at radius 1 is 1.35 bits per heavy atom. The van der Waals surface area contributed by atoms with E-state index < -0.39 is 5.76 Å². The van der Waals surface area contributed by atoms with Gasteiger partial charge in [-0.2, -0.15) is 0 Å². The summed E-state index contributed by atoms with van der Waals surface area (Å²) in [5.74, 6) is 0.207. The van der Waals surface area contributed by atoms with Gasteiger partial charge in [0.15, 0.2) is 11.9 Å². The van der Waals surface area contributed by atoms with E-state index in [1.165, 1.54) is 0 Å². The highest BCUT2D eigenvalue weighted by Crippen LogP contribution is 2.22. The molecule has 1 aliphatic rings. The van der Waals surface area contributed by atoms with E-state index in [2.05, 4.69) is 4.98 Å². The Hall–Kier alpha value is -1.75. The van der Waals surface area contributed by atoms with Gasteiger partial charge in [0.05, 0.1) is 12.1 Å². The number of aromatic amines is 1. The summed E-state index contributed by atoms with van der Waals surface area (Å²) in [5.41, 5.74) is 1.18. The Labute approximate surface area is 97.3 Å². The van der Waals surface area contributed by atoms with Gasteiger partial charge >= 0.3 is 5.76 Å². The summed E-state index contributed by atoms with van der Waals surface area (Å²) in [6, 6.07) is 5.26. The van der Waals surface area contributed by atoms with E-state index >= 15 is 0 Å². The van der Waals surface area contributed by atoms with Crippen LogP contribution >= 0.6 is 0 Å². The average molecular weight is 235 g/mol. The minimum absolute atomic E-state index is 0.188. The lowest BCUT2D eigenvalue weighted by Gasteiger charge is -2.23. The molecule has 0 radical (unpaired) electrons. The Morgan fingerprint density at radius 3 is 3.12 bits per heavy atom. The predicted octanol–water partition coefficient (Wildman–Crippen LogP) is 2.03. The summed E-state index contributed by atoms with van der Waals surface area (Å²) in [5, 5.41) is 0. The van der Waals surface area contributed by atoms with Gasteiger partial charge in [-0.25, -0.2) is 4.79 Å². The average Bonchev–Trinajstić information content (AvgIpc) is 2.70. The molecule has 3 rings (SSSR count). The highest BCUT2D eigenvalue weighted by Gasteiger charge is 2.15. The molecule has 1 fully saturated rings. The molecule has 0 saturated carbocycles. The lowest BCUT2D eigenvalue weighted by atomic mass is 10.2. The van der Waals surface area contributed by atoms with Crippen molar-refractivity contribution in [2.75, 3.05) is 6.61 Å². The molecule has 5 nitrogen and oxygen atoms in total. The molecule has 5 heteroatoms. The summed E-state index contributed by atoms with van der Waals surface area (Å²) in [7, 11) is 0. The standard InChI is InChI=1S/C12H13NO4/c14-12-13-9-5-4-8(7-10(9)17-12)16-11-3-1-2-6-15-11/h4-5,7,11H,1-3,6H2,(H,13,14). The third kappa shape index (κ3) is 2.19. The highest BCUT2D eigenvalue weighted by atomic mass is 16.7. The topological polar surface area (TPSA) is 64.5 Å². The second-order valence-electron chi connectivity index (χ2n) is 4.09. The van der Waals surface area contributed by atoms with Crippen molar-refractivity contribution in [2.24, 2.45) is 0 Å². The van der Waals surface area contributed by atoms with Gasteiger partial charge < -0.3 is 13.9 Å². The maximum atomic E-state index is 11.0. The van der Waals surface area contributed by atoms with Crippen molar-refractivity contribution in [1.82, 2.24) is 4.98 Å². The maximum absolute atomic E-state index is 11.0. The smallest absolute Gasteiger partial charge is 0.417 e. The Kier molecular flexibility index (Phi) is 2.60. The van der Waals surface area contributed by atoms with Gasteiger partial charge in [-0.3, -0.25) is 4.98 Å². The first-order valence-corrected chi connectivity index (χ1v) is 5.72. The highest BCUT2D eigenvalue weighted by molar-refractivity contribution is 5.73. The molecule has 0 spiro atoms. The number of rotatable bonds is 2. The van der Waals surface area contributed by atoms with Crippen LogP contribution in [0.25, 0.3) is 11.1 Å². The predicted molar refractivity (Wildman–Crippen MR) is 61.1 cm³/mol. The van der Waals surface area contributed by atoms with E-state index in [1.54, 1.807) is 18.2 Å². The number of hydrogen-bond donors (Lipinski definition) is 1. The SMILES string of the molecule is O=c1[nH]c2ccc(OC3CCCCO3)cc2o1. The van der Waals surface area contributed by atoms with Gasteiger partial charge in [0, 0.05) is 12.5 Å². The zero-order chi connectivity index (χ0) is 11.7. The minimum Gasteiger partial charge on any atom is -0.465 e. The molecule has 0 amide bonds. The molecule has 90 valence electrons. The first-order valence-electron chi connectivity index (χ1n) is 5.72. The van der Waals surface area contributed by atoms with Gasteiger partial charge in [-0.05, 0) is 25.0 Å². The number of benzene rings is 1. The molecule has 0 bridgehead atoms. The van der Waals surface area contributed by atoms with Crippen molar-refractivity contribution in [3.05, 3.63) is 28.7 Å². The summed E-state index contributed by atoms with van der Waals surface area (Å²) in [6.45, 7) is 0.742. The van der Waals surface area contributed by atoms with Crippen molar-refractivity contribution in [1.29, 1.82) is 0 Å². The van der Waals surface area contributed by atoms with E-state index in [1.807, 2.05) is 0 Å². The fraction of sp³-hybridized carbons (Fsp3) is 0.417. The molecule has 1 atom stereocenters.